The first-order chi connectivity index (χ1) is 13.3. The molecule has 1 atom stereocenters. The summed E-state index contributed by atoms with van der Waals surface area (Å²) in [6.07, 6.45) is 1.19. The average Bonchev–Trinajstić information content (AvgIpc) is 3.19. The van der Waals surface area contributed by atoms with Gasteiger partial charge in [-0.15, -0.1) is 0 Å². The lowest BCUT2D eigenvalue weighted by Gasteiger charge is -2.24. The molecule has 0 saturated carbocycles. The Bertz CT molecular complexity index is 942. The highest BCUT2D eigenvalue weighted by Crippen LogP contribution is 2.27. The summed E-state index contributed by atoms with van der Waals surface area (Å²) in [5.41, 5.74) is 2.66. The molecule has 7 heteroatoms. The number of carbonyl (C=O) groups is 1. The Morgan fingerprint density at radius 1 is 1.21 bits per heavy atom. The second-order valence-electron chi connectivity index (χ2n) is 7.14. The maximum atomic E-state index is 13.0. The van der Waals surface area contributed by atoms with Crippen molar-refractivity contribution in [3.8, 4) is 0 Å². The Morgan fingerprint density at radius 2 is 1.93 bits per heavy atom. The van der Waals surface area contributed by atoms with Gasteiger partial charge in [0.05, 0.1) is 4.90 Å². The number of aryl methyl sites for hydroxylation is 1. The fourth-order valence-corrected chi connectivity index (χ4v) is 5.02. The van der Waals surface area contributed by atoms with E-state index in [1.54, 1.807) is 24.3 Å². The monoisotopic (exact) mass is 401 g/mol. The molecular weight excluding hydrogens is 374 g/mol. The summed E-state index contributed by atoms with van der Waals surface area (Å²) in [6.45, 7) is 5.17. The number of anilines is 2. The first-order valence-electron chi connectivity index (χ1n) is 9.53. The summed E-state index contributed by atoms with van der Waals surface area (Å²) in [4.78, 5) is 15.2. The van der Waals surface area contributed by atoms with Gasteiger partial charge in [0.15, 0.2) is 0 Å². The Hall–Kier alpha value is -2.38. The molecule has 150 valence electrons. The molecule has 1 N–H and O–H groups in total. The van der Waals surface area contributed by atoms with E-state index in [2.05, 4.69) is 17.1 Å². The summed E-state index contributed by atoms with van der Waals surface area (Å²) in [5.74, 6) is -0.288. The first kappa shape index (κ1) is 20.4. The minimum absolute atomic E-state index is 0.226. The molecule has 0 unspecified atom stereocenters. The second-order valence-corrected chi connectivity index (χ2v) is 9.03. The molecule has 0 radical (unpaired) electrons. The van der Waals surface area contributed by atoms with Crippen LogP contribution < -0.4 is 10.2 Å². The molecule has 0 bridgehead atoms. The van der Waals surface area contributed by atoms with Crippen molar-refractivity contribution in [3.63, 3.8) is 0 Å². The van der Waals surface area contributed by atoms with Crippen LogP contribution in [0.25, 0.3) is 0 Å². The van der Waals surface area contributed by atoms with Gasteiger partial charge < -0.3 is 10.2 Å². The van der Waals surface area contributed by atoms with Crippen molar-refractivity contribution in [2.24, 2.45) is 0 Å². The number of rotatable bonds is 6. The molecule has 28 heavy (non-hydrogen) atoms. The number of nitrogens with zero attached hydrogens (tertiary/aromatic N) is 2. The summed E-state index contributed by atoms with van der Waals surface area (Å²) in [5, 5.41) is 2.89. The number of benzene rings is 2. The fraction of sp³-hybridized carbons (Fsp3) is 0.381. The number of hydrogen-bond donors (Lipinski definition) is 1. The number of amides is 1. The van der Waals surface area contributed by atoms with Crippen LogP contribution in [-0.2, 0) is 14.8 Å². The lowest BCUT2D eigenvalue weighted by molar-refractivity contribution is -0.119. The quantitative estimate of drug-likeness (QED) is 0.807. The molecule has 2 aromatic rings. The van der Waals surface area contributed by atoms with Gasteiger partial charge in [-0.3, -0.25) is 4.79 Å². The van der Waals surface area contributed by atoms with Crippen LogP contribution >= 0.6 is 0 Å². The normalized spacial score (nSPS) is 17.5. The Labute approximate surface area is 167 Å². The van der Waals surface area contributed by atoms with Crippen molar-refractivity contribution in [1.29, 1.82) is 0 Å². The van der Waals surface area contributed by atoms with Gasteiger partial charge >= 0.3 is 0 Å². The van der Waals surface area contributed by atoms with Crippen LogP contribution in [0.1, 0.15) is 25.3 Å². The molecular formula is C21H27N3O3S. The minimum atomic E-state index is -3.70. The number of sulfonamides is 1. The maximum Gasteiger partial charge on any atom is 0.243 e. The van der Waals surface area contributed by atoms with Gasteiger partial charge in [-0.1, -0.05) is 23.8 Å². The fourth-order valence-electron chi connectivity index (χ4n) is 3.36. The molecule has 0 aromatic heterocycles. The van der Waals surface area contributed by atoms with E-state index in [9.17, 15) is 13.2 Å². The second kappa shape index (κ2) is 8.32. The molecule has 0 aliphatic carbocycles. The lowest BCUT2D eigenvalue weighted by atomic mass is 10.2. The van der Waals surface area contributed by atoms with Crippen molar-refractivity contribution in [2.45, 2.75) is 37.6 Å². The van der Waals surface area contributed by atoms with E-state index in [0.29, 0.717) is 25.1 Å². The van der Waals surface area contributed by atoms with Gasteiger partial charge in [-0.25, -0.2) is 8.42 Å². The van der Waals surface area contributed by atoms with E-state index in [0.717, 1.165) is 17.8 Å². The predicted molar refractivity (Wildman–Crippen MR) is 112 cm³/mol. The highest BCUT2D eigenvalue weighted by atomic mass is 32.2. The average molecular weight is 402 g/mol. The molecule has 3 rings (SSSR count). The summed E-state index contributed by atoms with van der Waals surface area (Å²) >= 11 is 0. The number of nitrogens with one attached hydrogen (secondary N) is 1. The van der Waals surface area contributed by atoms with Crippen LogP contribution in [0.5, 0.6) is 0 Å². The Kier molecular flexibility index (Phi) is 6.05. The third kappa shape index (κ3) is 4.20. The molecule has 2 aromatic carbocycles. The van der Waals surface area contributed by atoms with Crippen molar-refractivity contribution < 1.29 is 13.2 Å². The third-order valence-electron chi connectivity index (χ3n) is 5.16. The molecule has 1 aliphatic rings. The first-order valence-corrected chi connectivity index (χ1v) is 11.0. The van der Waals surface area contributed by atoms with Crippen molar-refractivity contribution in [2.75, 3.05) is 30.4 Å². The molecule has 1 aliphatic heterocycles. The van der Waals surface area contributed by atoms with Crippen molar-refractivity contribution in [3.05, 3.63) is 54.1 Å². The lowest BCUT2D eigenvalue weighted by Crippen LogP contribution is -2.43. The SMILES string of the molecule is CCN(C)c1cccc(NC(=O)[C@@H]2CCCN2S(=O)(=O)c2ccc(C)cc2)c1. The third-order valence-corrected chi connectivity index (χ3v) is 7.09. The van der Waals surface area contributed by atoms with Gasteiger partial charge in [0.1, 0.15) is 6.04 Å². The summed E-state index contributed by atoms with van der Waals surface area (Å²) in [6, 6.07) is 13.6. The van der Waals surface area contributed by atoms with E-state index in [-0.39, 0.29) is 10.8 Å². The zero-order valence-electron chi connectivity index (χ0n) is 16.6. The van der Waals surface area contributed by atoms with Crippen LogP contribution in [0.3, 0.4) is 0 Å². The Morgan fingerprint density at radius 3 is 2.61 bits per heavy atom. The number of carbonyl (C=O) groups excluding carboxylic acids is 1. The van der Waals surface area contributed by atoms with Gasteiger partial charge in [-0.05, 0) is 57.0 Å². The molecule has 1 fully saturated rings. The molecule has 1 amide bonds. The van der Waals surface area contributed by atoms with Crippen LogP contribution in [0.4, 0.5) is 11.4 Å². The summed E-state index contributed by atoms with van der Waals surface area (Å²) in [7, 11) is -1.72. The largest absolute Gasteiger partial charge is 0.375 e. The molecule has 0 spiro atoms. The van der Waals surface area contributed by atoms with Gasteiger partial charge in [0.25, 0.3) is 0 Å². The maximum absolute atomic E-state index is 13.0. The number of hydrogen-bond acceptors (Lipinski definition) is 4. The smallest absolute Gasteiger partial charge is 0.243 e. The van der Waals surface area contributed by atoms with Crippen LogP contribution in [-0.4, -0.2) is 44.8 Å². The Balaban J connectivity index is 1.79. The van der Waals surface area contributed by atoms with E-state index in [1.807, 2.05) is 38.2 Å². The van der Waals surface area contributed by atoms with E-state index >= 15 is 0 Å². The zero-order chi connectivity index (χ0) is 20.3. The van der Waals surface area contributed by atoms with Crippen LogP contribution in [0.15, 0.2) is 53.4 Å². The van der Waals surface area contributed by atoms with E-state index in [4.69, 9.17) is 0 Å². The van der Waals surface area contributed by atoms with Gasteiger partial charge in [0.2, 0.25) is 15.9 Å². The van der Waals surface area contributed by atoms with E-state index in [1.165, 1.54) is 4.31 Å². The van der Waals surface area contributed by atoms with E-state index < -0.39 is 16.1 Å². The predicted octanol–water partition coefficient (Wildman–Crippen LogP) is 3.24. The van der Waals surface area contributed by atoms with Gasteiger partial charge in [-0.2, -0.15) is 4.31 Å². The van der Waals surface area contributed by atoms with Crippen molar-refractivity contribution in [1.82, 2.24) is 4.31 Å². The van der Waals surface area contributed by atoms with Crippen molar-refractivity contribution >= 4 is 27.3 Å². The van der Waals surface area contributed by atoms with Crippen LogP contribution in [0, 0.1) is 6.92 Å². The molecule has 6 nitrogen and oxygen atoms in total. The topological polar surface area (TPSA) is 69.7 Å². The van der Waals surface area contributed by atoms with Crippen LogP contribution in [0.2, 0.25) is 0 Å². The minimum Gasteiger partial charge on any atom is -0.375 e. The molecule has 1 heterocycles. The molecule has 1 saturated heterocycles. The zero-order valence-corrected chi connectivity index (χ0v) is 17.4. The van der Waals surface area contributed by atoms with Gasteiger partial charge in [0, 0.05) is 31.5 Å². The summed E-state index contributed by atoms with van der Waals surface area (Å²) < 4.78 is 27.4. The highest BCUT2D eigenvalue weighted by molar-refractivity contribution is 7.89. The standard InChI is InChI=1S/C21H27N3O3S/c1-4-23(3)18-8-5-7-17(15-18)22-21(25)20-9-6-14-24(20)28(26,27)19-12-10-16(2)11-13-19/h5,7-8,10-13,15,20H,4,6,9,14H2,1-3H3,(H,22,25)/t20-/m0/s1. The highest BCUT2D eigenvalue weighted by Gasteiger charge is 2.39.